The van der Waals surface area contributed by atoms with Crippen LogP contribution < -0.4 is 9.64 Å². The quantitative estimate of drug-likeness (QED) is 0.474. The molecule has 0 bridgehead atoms. The van der Waals surface area contributed by atoms with Gasteiger partial charge in [0.15, 0.2) is 6.54 Å². The Morgan fingerprint density at radius 2 is 2.00 bits per heavy atom. The van der Waals surface area contributed by atoms with E-state index in [-0.39, 0.29) is 5.69 Å². The summed E-state index contributed by atoms with van der Waals surface area (Å²) < 4.78 is 7.78. The van der Waals surface area contributed by atoms with Gasteiger partial charge in [-0.2, -0.15) is 4.90 Å². The van der Waals surface area contributed by atoms with E-state index in [1.807, 2.05) is 36.1 Å². The van der Waals surface area contributed by atoms with Gasteiger partial charge in [-0.1, -0.05) is 12.1 Å². The third-order valence-corrected chi connectivity index (χ3v) is 5.66. The Balaban J connectivity index is 1.80. The lowest BCUT2D eigenvalue weighted by molar-refractivity contribution is -0.534. The summed E-state index contributed by atoms with van der Waals surface area (Å²) in [5.74, 6) is 1.85. The Bertz CT molecular complexity index is 941. The van der Waals surface area contributed by atoms with Crippen molar-refractivity contribution in [3.63, 3.8) is 0 Å². The molecule has 2 heterocycles. The monoisotopic (exact) mass is 396 g/mol. The molecule has 2 aliphatic rings. The Hall–Kier alpha value is -2.93. The van der Waals surface area contributed by atoms with E-state index in [1.54, 1.807) is 12.1 Å². The van der Waals surface area contributed by atoms with Crippen LogP contribution in [0.15, 0.2) is 48.5 Å². The number of amidine groups is 1. The number of nitro groups is 1. The fourth-order valence-electron chi connectivity index (χ4n) is 4.33. The van der Waals surface area contributed by atoms with Crippen molar-refractivity contribution >= 4 is 17.2 Å². The van der Waals surface area contributed by atoms with Crippen molar-refractivity contribution < 1.29 is 19.3 Å². The molecule has 0 aromatic heterocycles. The first kappa shape index (κ1) is 19.4. The highest BCUT2D eigenvalue weighted by atomic mass is 16.6. The van der Waals surface area contributed by atoms with Crippen molar-refractivity contribution in [1.29, 1.82) is 0 Å². The van der Waals surface area contributed by atoms with Crippen LogP contribution in [-0.4, -0.2) is 40.1 Å². The second-order valence-electron chi connectivity index (χ2n) is 7.53. The van der Waals surface area contributed by atoms with E-state index in [2.05, 4.69) is 4.58 Å². The number of anilines is 1. The molecule has 0 saturated heterocycles. The number of hydrogen-bond donors (Lipinski definition) is 1. The highest BCUT2D eigenvalue weighted by Crippen LogP contribution is 2.39. The molecule has 0 aliphatic carbocycles. The Morgan fingerprint density at radius 1 is 1.21 bits per heavy atom. The molecule has 0 saturated carbocycles. The predicted octanol–water partition coefficient (Wildman–Crippen LogP) is 3.64. The number of benzene rings is 2. The summed E-state index contributed by atoms with van der Waals surface area (Å²) in [5.41, 5.74) is -0.0103. The van der Waals surface area contributed by atoms with E-state index in [0.717, 1.165) is 49.5 Å². The zero-order valence-electron chi connectivity index (χ0n) is 16.6. The maximum atomic E-state index is 11.9. The van der Waals surface area contributed by atoms with Crippen LogP contribution in [0.1, 0.15) is 38.2 Å². The van der Waals surface area contributed by atoms with Gasteiger partial charge in [0.25, 0.3) is 17.2 Å². The standard InChI is InChI=1S/C22H26N3O4/c1-2-29-20-12-10-18(11-13-20)24-21-9-4-3-5-14-23(21)16-22(24,26)17-7-6-8-19(15-17)25(27)28/h6-8,10-13,15,26H,2-5,9,14,16H2,1H3/q+1/t22-/m1/s1. The summed E-state index contributed by atoms with van der Waals surface area (Å²) >= 11 is 0. The minimum absolute atomic E-state index is 0.0188. The summed E-state index contributed by atoms with van der Waals surface area (Å²) in [4.78, 5) is 12.8. The number of nitro benzene ring substituents is 1. The van der Waals surface area contributed by atoms with Crippen molar-refractivity contribution in [2.75, 3.05) is 24.6 Å². The van der Waals surface area contributed by atoms with Crippen LogP contribution in [-0.2, 0) is 5.72 Å². The summed E-state index contributed by atoms with van der Waals surface area (Å²) in [6.45, 7) is 3.79. The SMILES string of the molecule is CCOc1ccc(N2C3=[N+](CCCCC3)C[C@@]2(O)c2cccc([N+](=O)[O-])c2)cc1. The first-order chi connectivity index (χ1) is 14.0. The summed E-state index contributed by atoms with van der Waals surface area (Å²) in [7, 11) is 0. The molecule has 0 radical (unpaired) electrons. The first-order valence-corrected chi connectivity index (χ1v) is 10.1. The Kier molecular flexibility index (Phi) is 5.24. The van der Waals surface area contributed by atoms with E-state index in [4.69, 9.17) is 4.74 Å². The van der Waals surface area contributed by atoms with Crippen molar-refractivity contribution in [3.05, 3.63) is 64.2 Å². The van der Waals surface area contributed by atoms with Gasteiger partial charge >= 0.3 is 0 Å². The van der Waals surface area contributed by atoms with Gasteiger partial charge in [-0.15, -0.1) is 0 Å². The average molecular weight is 396 g/mol. The fraction of sp³-hybridized carbons (Fsp3) is 0.409. The zero-order chi connectivity index (χ0) is 20.4. The predicted molar refractivity (Wildman–Crippen MR) is 111 cm³/mol. The van der Waals surface area contributed by atoms with E-state index >= 15 is 0 Å². The summed E-state index contributed by atoms with van der Waals surface area (Å²) in [6.07, 6.45) is 4.16. The molecule has 2 aromatic rings. The maximum absolute atomic E-state index is 11.9. The lowest BCUT2D eigenvalue weighted by Gasteiger charge is -2.29. The van der Waals surface area contributed by atoms with Gasteiger partial charge in [0.1, 0.15) is 11.4 Å². The number of ether oxygens (including phenoxy) is 1. The van der Waals surface area contributed by atoms with Crippen molar-refractivity contribution in [2.24, 2.45) is 0 Å². The van der Waals surface area contributed by atoms with Gasteiger partial charge in [0.05, 0.1) is 18.1 Å². The van der Waals surface area contributed by atoms with E-state index in [1.165, 1.54) is 12.1 Å². The smallest absolute Gasteiger partial charge is 0.275 e. The van der Waals surface area contributed by atoms with Crippen LogP contribution in [0, 0.1) is 10.1 Å². The van der Waals surface area contributed by atoms with Crippen LogP contribution in [0.5, 0.6) is 5.75 Å². The van der Waals surface area contributed by atoms with E-state index < -0.39 is 10.6 Å². The summed E-state index contributed by atoms with van der Waals surface area (Å²) in [6, 6.07) is 14.0. The van der Waals surface area contributed by atoms with Crippen molar-refractivity contribution in [1.82, 2.24) is 0 Å². The van der Waals surface area contributed by atoms with Gasteiger partial charge in [-0.05, 0) is 50.5 Å². The van der Waals surface area contributed by atoms with Gasteiger partial charge < -0.3 is 9.84 Å². The van der Waals surface area contributed by atoms with Gasteiger partial charge in [0, 0.05) is 24.1 Å². The third-order valence-electron chi connectivity index (χ3n) is 5.66. The first-order valence-electron chi connectivity index (χ1n) is 10.1. The highest BCUT2D eigenvalue weighted by molar-refractivity contribution is 5.97. The van der Waals surface area contributed by atoms with E-state index in [9.17, 15) is 15.2 Å². The molecule has 152 valence electrons. The largest absolute Gasteiger partial charge is 0.494 e. The third kappa shape index (κ3) is 3.58. The van der Waals surface area contributed by atoms with Crippen molar-refractivity contribution in [2.45, 2.75) is 38.3 Å². The molecule has 0 unspecified atom stereocenters. The second kappa shape index (κ2) is 7.83. The minimum Gasteiger partial charge on any atom is -0.494 e. The number of non-ortho nitro benzene ring substituents is 1. The zero-order valence-corrected chi connectivity index (χ0v) is 16.6. The van der Waals surface area contributed by atoms with Gasteiger partial charge in [0.2, 0.25) is 0 Å². The molecule has 1 N–H and O–H groups in total. The number of nitrogens with zero attached hydrogens (tertiary/aromatic N) is 3. The Morgan fingerprint density at radius 3 is 2.72 bits per heavy atom. The molecular weight excluding hydrogens is 370 g/mol. The van der Waals surface area contributed by atoms with Crippen LogP contribution in [0.3, 0.4) is 0 Å². The molecule has 1 atom stereocenters. The van der Waals surface area contributed by atoms with Crippen LogP contribution in [0.2, 0.25) is 0 Å². The average Bonchev–Trinajstić information content (AvgIpc) is 2.85. The summed E-state index contributed by atoms with van der Waals surface area (Å²) in [5, 5.41) is 23.2. The second-order valence-corrected chi connectivity index (χ2v) is 7.53. The number of rotatable bonds is 5. The van der Waals surface area contributed by atoms with E-state index in [0.29, 0.717) is 18.7 Å². The van der Waals surface area contributed by atoms with Crippen LogP contribution in [0.4, 0.5) is 11.4 Å². The van der Waals surface area contributed by atoms with Crippen LogP contribution in [0.25, 0.3) is 0 Å². The molecule has 7 heteroatoms. The molecule has 29 heavy (non-hydrogen) atoms. The molecule has 0 amide bonds. The van der Waals surface area contributed by atoms with Gasteiger partial charge in [-0.3, -0.25) is 14.7 Å². The lowest BCUT2D eigenvalue weighted by Crippen LogP contribution is -2.47. The molecule has 2 aromatic carbocycles. The van der Waals surface area contributed by atoms with Crippen molar-refractivity contribution in [3.8, 4) is 5.75 Å². The molecule has 7 nitrogen and oxygen atoms in total. The molecule has 4 rings (SSSR count). The minimum atomic E-state index is -1.37. The molecular formula is C22H26N3O4+. The molecule has 0 fully saturated rings. The topological polar surface area (TPSA) is 78.8 Å². The lowest BCUT2D eigenvalue weighted by atomic mass is 9.99. The fourth-order valence-corrected chi connectivity index (χ4v) is 4.33. The van der Waals surface area contributed by atoms with Crippen LogP contribution >= 0.6 is 0 Å². The number of aliphatic hydroxyl groups is 1. The maximum Gasteiger partial charge on any atom is 0.275 e. The highest BCUT2D eigenvalue weighted by Gasteiger charge is 2.54. The molecule has 2 aliphatic heterocycles. The Labute approximate surface area is 170 Å². The number of hydrogen-bond acceptors (Lipinski definition) is 5. The van der Waals surface area contributed by atoms with Gasteiger partial charge in [-0.25, -0.2) is 0 Å². The normalized spacial score (nSPS) is 21.7. The molecule has 0 spiro atoms.